The lowest BCUT2D eigenvalue weighted by Gasteiger charge is -2.06. The van der Waals surface area contributed by atoms with Gasteiger partial charge in [0.25, 0.3) is 0 Å². The molecule has 2 rings (SSSR count). The molecule has 0 saturated carbocycles. The van der Waals surface area contributed by atoms with Crippen LogP contribution >= 0.6 is 0 Å². The van der Waals surface area contributed by atoms with Crippen molar-refractivity contribution in [2.75, 3.05) is 0 Å². The van der Waals surface area contributed by atoms with Gasteiger partial charge in [0.05, 0.1) is 0 Å². The molecule has 0 fully saturated rings. The van der Waals surface area contributed by atoms with Gasteiger partial charge in [0.15, 0.2) is 11.6 Å². The van der Waals surface area contributed by atoms with Crippen molar-refractivity contribution in [2.45, 2.75) is 26.7 Å². The molecule has 0 bridgehead atoms. The molecule has 124 valence electrons. The van der Waals surface area contributed by atoms with Crippen LogP contribution in [0.3, 0.4) is 0 Å². The molecule has 0 aliphatic heterocycles. The summed E-state index contributed by atoms with van der Waals surface area (Å²) in [4.78, 5) is 34.8. The third kappa shape index (κ3) is 4.52. The molecule has 0 amide bonds. The molecule has 0 N–H and O–H groups in total. The highest BCUT2D eigenvalue weighted by Gasteiger charge is 2.10. The van der Waals surface area contributed by atoms with E-state index in [1.165, 1.54) is 24.3 Å². The fourth-order valence-corrected chi connectivity index (χ4v) is 2.04. The summed E-state index contributed by atoms with van der Waals surface area (Å²) in [5.74, 6) is 0.604. The van der Waals surface area contributed by atoms with Crippen molar-refractivity contribution in [1.82, 2.24) is 0 Å². The van der Waals surface area contributed by atoms with E-state index in [9.17, 15) is 14.4 Å². The lowest BCUT2D eigenvalue weighted by Crippen LogP contribution is -2.14. The lowest BCUT2D eigenvalue weighted by atomic mass is 10.1. The zero-order valence-corrected chi connectivity index (χ0v) is 13.6. The highest BCUT2D eigenvalue weighted by molar-refractivity contribution is 5.96. The van der Waals surface area contributed by atoms with Gasteiger partial charge in [-0.15, -0.1) is 0 Å². The molecule has 2 aromatic carbocycles. The molecule has 0 unspecified atom stereocenters. The van der Waals surface area contributed by atoms with Gasteiger partial charge >= 0.3 is 6.16 Å². The maximum absolute atomic E-state index is 11.8. The highest BCUT2D eigenvalue weighted by Crippen LogP contribution is 2.17. The van der Waals surface area contributed by atoms with Crippen molar-refractivity contribution in [3.63, 3.8) is 0 Å². The molecule has 0 saturated heterocycles. The summed E-state index contributed by atoms with van der Waals surface area (Å²) >= 11 is 0. The predicted octanol–water partition coefficient (Wildman–Crippen LogP) is 4.45. The van der Waals surface area contributed by atoms with E-state index >= 15 is 0 Å². The first-order chi connectivity index (χ1) is 11.5. The summed E-state index contributed by atoms with van der Waals surface area (Å²) in [6.45, 7) is 3.56. The number of hydrogen-bond acceptors (Lipinski definition) is 5. The summed E-state index contributed by atoms with van der Waals surface area (Å²) in [7, 11) is 0. The molecule has 5 nitrogen and oxygen atoms in total. The van der Waals surface area contributed by atoms with Crippen molar-refractivity contribution in [3.8, 4) is 11.5 Å². The van der Waals surface area contributed by atoms with Crippen LogP contribution in [0.4, 0.5) is 4.79 Å². The summed E-state index contributed by atoms with van der Waals surface area (Å²) in [5, 5.41) is 0. The van der Waals surface area contributed by atoms with Crippen LogP contribution < -0.4 is 9.47 Å². The van der Waals surface area contributed by atoms with Crippen LogP contribution in [0.15, 0.2) is 48.5 Å². The molecule has 5 heteroatoms. The fraction of sp³-hybridized carbons (Fsp3) is 0.211. The number of ether oxygens (including phenoxy) is 2. The first-order valence-corrected chi connectivity index (χ1v) is 7.69. The lowest BCUT2D eigenvalue weighted by molar-refractivity contribution is 0.0980. The first kappa shape index (κ1) is 17.4. The average molecular weight is 326 g/mol. The Kier molecular flexibility index (Phi) is 5.84. The van der Waals surface area contributed by atoms with Crippen molar-refractivity contribution in [2.24, 2.45) is 0 Å². The number of carbonyl (C=O) groups excluding carboxylic acids is 3. The second kappa shape index (κ2) is 8.06. The number of Topliss-reactive ketones (excluding diaryl/α,β-unsaturated/α-hetero) is 2. The highest BCUT2D eigenvalue weighted by atomic mass is 16.7. The summed E-state index contributed by atoms with van der Waals surface area (Å²) in [5.41, 5.74) is 1.13. The Balaban J connectivity index is 1.95. The van der Waals surface area contributed by atoms with E-state index < -0.39 is 6.16 Å². The third-order valence-electron chi connectivity index (χ3n) is 3.40. The van der Waals surface area contributed by atoms with E-state index in [0.29, 0.717) is 24.0 Å². The third-order valence-corrected chi connectivity index (χ3v) is 3.40. The minimum Gasteiger partial charge on any atom is -0.395 e. The van der Waals surface area contributed by atoms with Crippen LogP contribution in [-0.2, 0) is 0 Å². The van der Waals surface area contributed by atoms with Crippen LogP contribution in [0.5, 0.6) is 11.5 Å². The normalized spacial score (nSPS) is 10.1. The van der Waals surface area contributed by atoms with Crippen molar-refractivity contribution < 1.29 is 23.9 Å². The molecule has 0 aliphatic carbocycles. The number of carbonyl (C=O) groups is 3. The van der Waals surface area contributed by atoms with Crippen LogP contribution in [-0.4, -0.2) is 17.7 Å². The van der Waals surface area contributed by atoms with Gasteiger partial charge < -0.3 is 9.47 Å². The van der Waals surface area contributed by atoms with E-state index in [-0.39, 0.29) is 23.1 Å². The second-order valence-corrected chi connectivity index (χ2v) is 5.06. The smallest absolute Gasteiger partial charge is 0.395 e. The maximum atomic E-state index is 11.8. The maximum Gasteiger partial charge on any atom is 0.519 e. The summed E-state index contributed by atoms with van der Waals surface area (Å²) in [6, 6.07) is 12.5. The van der Waals surface area contributed by atoms with Gasteiger partial charge in [-0.25, -0.2) is 4.79 Å². The van der Waals surface area contributed by atoms with Crippen molar-refractivity contribution in [1.29, 1.82) is 0 Å². The second-order valence-electron chi connectivity index (χ2n) is 5.06. The Hall–Kier alpha value is -2.95. The topological polar surface area (TPSA) is 69.7 Å². The van der Waals surface area contributed by atoms with Crippen LogP contribution in [0.2, 0.25) is 0 Å². The van der Waals surface area contributed by atoms with Crippen molar-refractivity contribution in [3.05, 3.63) is 59.7 Å². The molecule has 0 atom stereocenters. The van der Waals surface area contributed by atoms with Crippen LogP contribution in [0, 0.1) is 0 Å². The summed E-state index contributed by atoms with van der Waals surface area (Å²) in [6.07, 6.45) is -0.0588. The van der Waals surface area contributed by atoms with Gasteiger partial charge in [0.2, 0.25) is 0 Å². The zero-order chi connectivity index (χ0) is 17.5. The zero-order valence-electron chi connectivity index (χ0n) is 13.6. The van der Waals surface area contributed by atoms with E-state index in [4.69, 9.17) is 9.47 Å². The quantitative estimate of drug-likeness (QED) is 0.445. The van der Waals surface area contributed by atoms with E-state index in [0.717, 1.165) is 0 Å². The minimum absolute atomic E-state index is 0.0193. The average Bonchev–Trinajstić information content (AvgIpc) is 2.61. The monoisotopic (exact) mass is 326 g/mol. The molecule has 0 radical (unpaired) electrons. The van der Waals surface area contributed by atoms with Crippen molar-refractivity contribution >= 4 is 17.7 Å². The Morgan fingerprint density at radius 1 is 0.667 bits per heavy atom. The molecule has 2 aromatic rings. The first-order valence-electron chi connectivity index (χ1n) is 7.69. The molecule has 0 spiro atoms. The fourth-order valence-electron chi connectivity index (χ4n) is 2.04. The molecule has 24 heavy (non-hydrogen) atoms. The standard InChI is InChI=1S/C19H18O5/c1-3-17(20)13-5-9-15(10-6-13)23-19(22)24-16-11-7-14(8-12-16)18(21)4-2/h5-12H,3-4H2,1-2H3. The SMILES string of the molecule is CCC(=O)c1ccc(OC(=O)Oc2ccc(C(=O)CC)cc2)cc1. The number of benzene rings is 2. The van der Waals surface area contributed by atoms with E-state index in [1.807, 2.05) is 0 Å². The van der Waals surface area contributed by atoms with Crippen LogP contribution in [0.25, 0.3) is 0 Å². The molecular weight excluding hydrogens is 308 g/mol. The molecule has 0 aromatic heterocycles. The van der Waals surface area contributed by atoms with Gasteiger partial charge in [-0.3, -0.25) is 9.59 Å². The Labute approximate surface area is 140 Å². The van der Waals surface area contributed by atoms with E-state index in [1.54, 1.807) is 38.1 Å². The van der Waals surface area contributed by atoms with Gasteiger partial charge in [0.1, 0.15) is 11.5 Å². The largest absolute Gasteiger partial charge is 0.519 e. The van der Waals surface area contributed by atoms with Crippen LogP contribution in [0.1, 0.15) is 47.4 Å². The molecule has 0 aliphatic rings. The van der Waals surface area contributed by atoms with Gasteiger partial charge in [-0.05, 0) is 48.5 Å². The Morgan fingerprint density at radius 2 is 1.00 bits per heavy atom. The van der Waals surface area contributed by atoms with Gasteiger partial charge in [-0.1, -0.05) is 13.8 Å². The van der Waals surface area contributed by atoms with E-state index in [2.05, 4.69) is 0 Å². The van der Waals surface area contributed by atoms with Gasteiger partial charge in [0, 0.05) is 24.0 Å². The molecule has 0 heterocycles. The Bertz CT molecular complexity index is 666. The minimum atomic E-state index is -0.890. The number of rotatable bonds is 6. The summed E-state index contributed by atoms with van der Waals surface area (Å²) < 4.78 is 10.1. The predicted molar refractivity (Wildman–Crippen MR) is 88.8 cm³/mol. The number of hydrogen-bond donors (Lipinski definition) is 0. The molecular formula is C19H18O5. The van der Waals surface area contributed by atoms with Gasteiger partial charge in [-0.2, -0.15) is 0 Å². The Morgan fingerprint density at radius 3 is 1.29 bits per heavy atom. The number of ketones is 2.